The first kappa shape index (κ1) is 10.3. The van der Waals surface area contributed by atoms with Crippen LogP contribution in [0.5, 0.6) is 0 Å². The van der Waals surface area contributed by atoms with Gasteiger partial charge in [-0.1, -0.05) is 0 Å². The number of nitrogens with two attached hydrogens (primary N) is 1. The molecule has 0 radical (unpaired) electrons. The van der Waals surface area contributed by atoms with Crippen LogP contribution in [0.1, 0.15) is 6.92 Å². The molecule has 0 spiro atoms. The summed E-state index contributed by atoms with van der Waals surface area (Å²) >= 11 is 0. The van der Waals surface area contributed by atoms with E-state index in [0.717, 1.165) is 5.69 Å². The van der Waals surface area contributed by atoms with Crippen molar-refractivity contribution in [1.82, 2.24) is 10.3 Å². The highest BCUT2D eigenvalue weighted by Crippen LogP contribution is 2.07. The van der Waals surface area contributed by atoms with Crippen molar-refractivity contribution in [3.8, 4) is 0 Å². The second-order valence-electron chi connectivity index (χ2n) is 2.88. The summed E-state index contributed by atoms with van der Waals surface area (Å²) in [5, 5.41) is 5.79. The molecule has 1 heterocycles. The molecule has 0 fully saturated rings. The predicted octanol–water partition coefficient (Wildman–Crippen LogP) is 0.212. The van der Waals surface area contributed by atoms with E-state index in [1.165, 1.54) is 6.92 Å². The smallest absolute Gasteiger partial charge is 0.216 e. The molecule has 1 rings (SSSR count). The molecule has 0 saturated heterocycles. The molecule has 0 aliphatic rings. The largest absolute Gasteiger partial charge is 0.384 e. The number of nitrogens with one attached hydrogen (secondary N) is 2. The van der Waals surface area contributed by atoms with Gasteiger partial charge in [0.1, 0.15) is 5.82 Å². The van der Waals surface area contributed by atoms with Crippen LogP contribution in [0.4, 0.5) is 11.5 Å². The maximum absolute atomic E-state index is 10.5. The van der Waals surface area contributed by atoms with Gasteiger partial charge >= 0.3 is 0 Å². The standard InChI is InChI=1S/C9H14N4O/c1-7(14)11-4-5-12-8-2-3-13-9(10)6-8/h2-3,6H,4-5H2,1H3,(H,11,14)(H3,10,12,13). The third-order valence-corrected chi connectivity index (χ3v) is 1.61. The number of carbonyl (C=O) groups is 1. The van der Waals surface area contributed by atoms with E-state index in [0.29, 0.717) is 18.9 Å². The van der Waals surface area contributed by atoms with Gasteiger partial charge in [-0.2, -0.15) is 0 Å². The Balaban J connectivity index is 2.28. The van der Waals surface area contributed by atoms with Crippen LogP contribution in [0.2, 0.25) is 0 Å². The highest BCUT2D eigenvalue weighted by Gasteiger charge is 1.93. The summed E-state index contributed by atoms with van der Waals surface area (Å²) in [6.45, 7) is 2.75. The lowest BCUT2D eigenvalue weighted by atomic mass is 10.4. The van der Waals surface area contributed by atoms with E-state index in [1.807, 2.05) is 6.07 Å². The van der Waals surface area contributed by atoms with E-state index in [-0.39, 0.29) is 5.91 Å². The molecule has 0 aliphatic carbocycles. The summed E-state index contributed by atoms with van der Waals surface area (Å²) < 4.78 is 0. The van der Waals surface area contributed by atoms with Crippen molar-refractivity contribution in [3.05, 3.63) is 18.3 Å². The van der Waals surface area contributed by atoms with Crippen LogP contribution in [0.3, 0.4) is 0 Å². The molecule has 14 heavy (non-hydrogen) atoms. The molecule has 4 N–H and O–H groups in total. The van der Waals surface area contributed by atoms with Crippen LogP contribution in [-0.2, 0) is 4.79 Å². The van der Waals surface area contributed by atoms with Gasteiger partial charge in [-0.05, 0) is 6.07 Å². The fourth-order valence-corrected chi connectivity index (χ4v) is 1.00. The van der Waals surface area contributed by atoms with Gasteiger partial charge in [0, 0.05) is 38.0 Å². The number of nitrogen functional groups attached to an aromatic ring is 1. The van der Waals surface area contributed by atoms with Crippen LogP contribution in [0.15, 0.2) is 18.3 Å². The number of aromatic nitrogens is 1. The molecule has 76 valence electrons. The molecule has 5 heteroatoms. The van der Waals surface area contributed by atoms with Gasteiger partial charge in [-0.15, -0.1) is 0 Å². The quantitative estimate of drug-likeness (QED) is 0.599. The monoisotopic (exact) mass is 194 g/mol. The van der Waals surface area contributed by atoms with Crippen LogP contribution >= 0.6 is 0 Å². The Morgan fingerprint density at radius 2 is 2.36 bits per heavy atom. The number of nitrogens with zero attached hydrogens (tertiary/aromatic N) is 1. The molecule has 0 aliphatic heterocycles. The lowest BCUT2D eigenvalue weighted by molar-refractivity contribution is -0.118. The first-order chi connectivity index (χ1) is 6.68. The van der Waals surface area contributed by atoms with E-state index >= 15 is 0 Å². The minimum Gasteiger partial charge on any atom is -0.384 e. The third kappa shape index (κ3) is 3.75. The van der Waals surface area contributed by atoms with E-state index in [9.17, 15) is 4.79 Å². The van der Waals surface area contributed by atoms with Crippen molar-refractivity contribution >= 4 is 17.4 Å². The molecule has 1 amide bonds. The topological polar surface area (TPSA) is 80.0 Å². The van der Waals surface area contributed by atoms with Gasteiger partial charge in [0.2, 0.25) is 5.91 Å². The van der Waals surface area contributed by atoms with E-state index < -0.39 is 0 Å². The summed E-state index contributed by atoms with van der Waals surface area (Å²) in [6.07, 6.45) is 1.63. The number of pyridine rings is 1. The molecule has 1 aromatic heterocycles. The van der Waals surface area contributed by atoms with Crippen molar-refractivity contribution in [2.24, 2.45) is 0 Å². The Kier molecular flexibility index (Phi) is 3.72. The molecular weight excluding hydrogens is 180 g/mol. The summed E-state index contributed by atoms with van der Waals surface area (Å²) in [4.78, 5) is 14.4. The summed E-state index contributed by atoms with van der Waals surface area (Å²) in [7, 11) is 0. The zero-order valence-electron chi connectivity index (χ0n) is 8.08. The fraction of sp³-hybridized carbons (Fsp3) is 0.333. The van der Waals surface area contributed by atoms with Crippen LogP contribution < -0.4 is 16.4 Å². The number of amides is 1. The summed E-state index contributed by atoms with van der Waals surface area (Å²) in [5.74, 6) is 0.454. The molecule has 0 bridgehead atoms. The Bertz CT molecular complexity index is 313. The van der Waals surface area contributed by atoms with Gasteiger partial charge < -0.3 is 16.4 Å². The SMILES string of the molecule is CC(=O)NCCNc1ccnc(N)c1. The molecule has 0 saturated carbocycles. The number of rotatable bonds is 4. The molecule has 0 unspecified atom stereocenters. The summed E-state index contributed by atoms with van der Waals surface area (Å²) in [6, 6.07) is 3.57. The van der Waals surface area contributed by atoms with E-state index in [1.54, 1.807) is 12.3 Å². The molecule has 0 atom stereocenters. The average Bonchev–Trinajstić information content (AvgIpc) is 2.12. The minimum absolute atomic E-state index is 0.0268. The maximum atomic E-state index is 10.5. The van der Waals surface area contributed by atoms with Crippen LogP contribution in [0, 0.1) is 0 Å². The molecular formula is C9H14N4O. The number of hydrogen-bond acceptors (Lipinski definition) is 4. The lowest BCUT2D eigenvalue weighted by Crippen LogP contribution is -2.26. The van der Waals surface area contributed by atoms with Gasteiger partial charge in [-0.25, -0.2) is 4.98 Å². The van der Waals surface area contributed by atoms with Gasteiger partial charge in [0.05, 0.1) is 0 Å². The predicted molar refractivity (Wildman–Crippen MR) is 55.8 cm³/mol. The van der Waals surface area contributed by atoms with Crippen molar-refractivity contribution in [2.75, 3.05) is 24.1 Å². The highest BCUT2D eigenvalue weighted by atomic mass is 16.1. The van der Waals surface area contributed by atoms with E-state index in [4.69, 9.17) is 5.73 Å². The third-order valence-electron chi connectivity index (χ3n) is 1.61. The van der Waals surface area contributed by atoms with Crippen LogP contribution in [-0.4, -0.2) is 24.0 Å². The van der Waals surface area contributed by atoms with Crippen molar-refractivity contribution < 1.29 is 4.79 Å². The number of carbonyl (C=O) groups excluding carboxylic acids is 1. The van der Waals surface area contributed by atoms with Crippen LogP contribution in [0.25, 0.3) is 0 Å². The van der Waals surface area contributed by atoms with Gasteiger partial charge in [-0.3, -0.25) is 4.79 Å². The first-order valence-corrected chi connectivity index (χ1v) is 4.38. The van der Waals surface area contributed by atoms with Gasteiger partial charge in [0.25, 0.3) is 0 Å². The Hall–Kier alpha value is -1.78. The van der Waals surface area contributed by atoms with Crippen molar-refractivity contribution in [1.29, 1.82) is 0 Å². The Morgan fingerprint density at radius 1 is 1.57 bits per heavy atom. The molecule has 1 aromatic rings. The van der Waals surface area contributed by atoms with Crippen molar-refractivity contribution in [3.63, 3.8) is 0 Å². The number of hydrogen-bond donors (Lipinski definition) is 3. The second kappa shape index (κ2) is 5.06. The Labute approximate surface area is 82.7 Å². The van der Waals surface area contributed by atoms with Crippen molar-refractivity contribution in [2.45, 2.75) is 6.92 Å². The fourth-order valence-electron chi connectivity index (χ4n) is 1.00. The minimum atomic E-state index is -0.0268. The number of anilines is 2. The maximum Gasteiger partial charge on any atom is 0.216 e. The zero-order chi connectivity index (χ0) is 10.4. The second-order valence-corrected chi connectivity index (χ2v) is 2.88. The lowest BCUT2D eigenvalue weighted by Gasteiger charge is -2.06. The van der Waals surface area contributed by atoms with E-state index in [2.05, 4.69) is 15.6 Å². The summed E-state index contributed by atoms with van der Waals surface area (Å²) in [5.41, 5.74) is 6.40. The Morgan fingerprint density at radius 3 is 3.00 bits per heavy atom. The normalized spacial score (nSPS) is 9.50. The highest BCUT2D eigenvalue weighted by molar-refractivity contribution is 5.72. The van der Waals surface area contributed by atoms with Gasteiger partial charge in [0.15, 0.2) is 0 Å². The zero-order valence-corrected chi connectivity index (χ0v) is 8.08. The average molecular weight is 194 g/mol. The first-order valence-electron chi connectivity index (χ1n) is 4.38. The molecule has 5 nitrogen and oxygen atoms in total. The molecule has 0 aromatic carbocycles.